The van der Waals surface area contributed by atoms with Crippen LogP contribution in [0.5, 0.6) is 0 Å². The van der Waals surface area contributed by atoms with Crippen molar-refractivity contribution in [3.63, 3.8) is 0 Å². The molecule has 1 saturated heterocycles. The van der Waals surface area contributed by atoms with Crippen molar-refractivity contribution in [2.45, 2.75) is 32.3 Å². The Morgan fingerprint density at radius 2 is 2.10 bits per heavy atom. The number of nitrogens with one attached hydrogen (secondary N) is 1. The number of para-hydroxylation sites is 1. The summed E-state index contributed by atoms with van der Waals surface area (Å²) in [5.74, 6) is -0.457. The number of rotatable bonds is 5. The van der Waals surface area contributed by atoms with E-state index in [0.29, 0.717) is 6.61 Å². The molecule has 0 aliphatic carbocycles. The maximum absolute atomic E-state index is 5.75. The van der Waals surface area contributed by atoms with Gasteiger partial charge in [-0.2, -0.15) is 5.10 Å². The van der Waals surface area contributed by atoms with E-state index in [4.69, 9.17) is 9.47 Å². The Morgan fingerprint density at radius 1 is 1.29 bits per heavy atom. The minimum absolute atomic E-state index is 0.108. The molecule has 112 valence electrons. The first-order valence-electron chi connectivity index (χ1n) is 7.25. The van der Waals surface area contributed by atoms with Crippen molar-refractivity contribution in [2.24, 2.45) is 0 Å². The van der Waals surface area contributed by atoms with E-state index in [1.165, 1.54) is 0 Å². The summed E-state index contributed by atoms with van der Waals surface area (Å²) in [6.45, 7) is 6.00. The van der Waals surface area contributed by atoms with E-state index in [1.807, 2.05) is 61.1 Å². The molecule has 5 heteroatoms. The number of benzene rings is 1. The van der Waals surface area contributed by atoms with Gasteiger partial charge in [0, 0.05) is 19.3 Å². The highest BCUT2D eigenvalue weighted by Crippen LogP contribution is 2.21. The van der Waals surface area contributed by atoms with Crippen LogP contribution in [-0.4, -0.2) is 34.8 Å². The molecule has 21 heavy (non-hydrogen) atoms. The summed E-state index contributed by atoms with van der Waals surface area (Å²) in [4.78, 5) is 0. The van der Waals surface area contributed by atoms with E-state index in [0.717, 1.165) is 24.5 Å². The first kappa shape index (κ1) is 14.3. The highest BCUT2D eigenvalue weighted by molar-refractivity contribution is 5.30. The van der Waals surface area contributed by atoms with E-state index in [-0.39, 0.29) is 6.10 Å². The zero-order valence-corrected chi connectivity index (χ0v) is 12.5. The molecule has 0 radical (unpaired) electrons. The lowest BCUT2D eigenvalue weighted by Crippen LogP contribution is -2.30. The van der Waals surface area contributed by atoms with E-state index in [1.54, 1.807) is 0 Å². The van der Waals surface area contributed by atoms with Crippen molar-refractivity contribution in [1.82, 2.24) is 15.1 Å². The lowest BCUT2D eigenvalue weighted by Gasteiger charge is -2.17. The van der Waals surface area contributed by atoms with Crippen LogP contribution in [0.4, 0.5) is 0 Å². The molecule has 1 aliphatic rings. The summed E-state index contributed by atoms with van der Waals surface area (Å²) >= 11 is 0. The molecule has 5 nitrogen and oxygen atoms in total. The normalized spacial score (nSPS) is 20.8. The van der Waals surface area contributed by atoms with Gasteiger partial charge in [0.1, 0.15) is 0 Å². The molecule has 0 saturated carbocycles. The zero-order chi connectivity index (χ0) is 14.7. The van der Waals surface area contributed by atoms with Gasteiger partial charge < -0.3 is 14.8 Å². The second kappa shape index (κ2) is 5.97. The third-order valence-electron chi connectivity index (χ3n) is 3.41. The van der Waals surface area contributed by atoms with Gasteiger partial charge in [0.15, 0.2) is 5.79 Å². The highest BCUT2D eigenvalue weighted by atomic mass is 16.7. The van der Waals surface area contributed by atoms with E-state index >= 15 is 0 Å². The lowest BCUT2D eigenvalue weighted by atomic mass is 10.3. The van der Waals surface area contributed by atoms with Crippen LogP contribution in [0, 0.1) is 0 Å². The molecule has 1 aliphatic heterocycles. The average molecular weight is 287 g/mol. The third kappa shape index (κ3) is 3.69. The number of hydrogen-bond donors (Lipinski definition) is 1. The van der Waals surface area contributed by atoms with Crippen molar-refractivity contribution < 1.29 is 9.47 Å². The van der Waals surface area contributed by atoms with Gasteiger partial charge in [-0.05, 0) is 32.0 Å². The monoisotopic (exact) mass is 287 g/mol. The minimum atomic E-state index is -0.457. The third-order valence-corrected chi connectivity index (χ3v) is 3.41. The molecule has 1 atom stereocenters. The van der Waals surface area contributed by atoms with Crippen LogP contribution in [0.3, 0.4) is 0 Å². The van der Waals surface area contributed by atoms with Crippen LogP contribution in [0.15, 0.2) is 42.6 Å². The fourth-order valence-electron chi connectivity index (χ4n) is 2.41. The predicted octanol–water partition coefficient (Wildman–Crippen LogP) is 2.11. The summed E-state index contributed by atoms with van der Waals surface area (Å²) in [5, 5.41) is 7.92. The molecular formula is C16H21N3O2. The minimum Gasteiger partial charge on any atom is -0.348 e. The maximum atomic E-state index is 5.75. The molecule has 0 bridgehead atoms. The van der Waals surface area contributed by atoms with Gasteiger partial charge in [0.2, 0.25) is 0 Å². The smallest absolute Gasteiger partial charge is 0.163 e. The van der Waals surface area contributed by atoms with Crippen molar-refractivity contribution in [3.05, 3.63) is 48.3 Å². The van der Waals surface area contributed by atoms with Gasteiger partial charge in [-0.3, -0.25) is 0 Å². The summed E-state index contributed by atoms with van der Waals surface area (Å²) in [6.07, 6.45) is 2.08. The van der Waals surface area contributed by atoms with E-state index in [2.05, 4.69) is 10.4 Å². The maximum Gasteiger partial charge on any atom is 0.163 e. The van der Waals surface area contributed by atoms with Gasteiger partial charge >= 0.3 is 0 Å². The van der Waals surface area contributed by atoms with Gasteiger partial charge in [-0.15, -0.1) is 0 Å². The standard InChI is InChI=1S/C16H21N3O2/c1-16(2)20-12-15(21-16)11-17-10-13-8-9-19(18-13)14-6-4-3-5-7-14/h3-9,15,17H,10-12H2,1-2H3. The number of ether oxygens (including phenoxy) is 2. The van der Waals surface area contributed by atoms with Crippen LogP contribution in [0.25, 0.3) is 5.69 Å². The summed E-state index contributed by atoms with van der Waals surface area (Å²) in [7, 11) is 0. The molecule has 1 unspecified atom stereocenters. The molecule has 2 aromatic rings. The zero-order valence-electron chi connectivity index (χ0n) is 12.5. The van der Waals surface area contributed by atoms with Crippen molar-refractivity contribution in [3.8, 4) is 5.69 Å². The summed E-state index contributed by atoms with van der Waals surface area (Å²) in [6, 6.07) is 12.1. The second-order valence-electron chi connectivity index (χ2n) is 5.67. The molecule has 1 N–H and O–H groups in total. The molecular weight excluding hydrogens is 266 g/mol. The van der Waals surface area contributed by atoms with Crippen LogP contribution in [0.1, 0.15) is 19.5 Å². The number of nitrogens with zero attached hydrogens (tertiary/aromatic N) is 2. The first-order chi connectivity index (χ1) is 10.1. The SMILES string of the molecule is CC1(C)OCC(CNCc2ccn(-c3ccccc3)n2)O1. The lowest BCUT2D eigenvalue weighted by molar-refractivity contribution is -0.137. The van der Waals surface area contributed by atoms with E-state index < -0.39 is 5.79 Å². The summed E-state index contributed by atoms with van der Waals surface area (Å²) < 4.78 is 13.2. The van der Waals surface area contributed by atoms with E-state index in [9.17, 15) is 0 Å². The van der Waals surface area contributed by atoms with Crippen molar-refractivity contribution >= 4 is 0 Å². The van der Waals surface area contributed by atoms with Crippen LogP contribution in [0.2, 0.25) is 0 Å². The molecule has 1 aromatic heterocycles. The highest BCUT2D eigenvalue weighted by Gasteiger charge is 2.32. The Balaban J connectivity index is 1.50. The largest absolute Gasteiger partial charge is 0.348 e. The Morgan fingerprint density at radius 3 is 2.81 bits per heavy atom. The van der Waals surface area contributed by atoms with Crippen molar-refractivity contribution in [1.29, 1.82) is 0 Å². The fraction of sp³-hybridized carbons (Fsp3) is 0.438. The molecule has 1 aromatic carbocycles. The number of hydrogen-bond acceptors (Lipinski definition) is 4. The number of aromatic nitrogens is 2. The first-order valence-corrected chi connectivity index (χ1v) is 7.25. The van der Waals surface area contributed by atoms with Gasteiger partial charge in [-0.25, -0.2) is 4.68 Å². The molecule has 0 amide bonds. The molecule has 1 fully saturated rings. The van der Waals surface area contributed by atoms with Crippen LogP contribution >= 0.6 is 0 Å². The average Bonchev–Trinajstić information content (AvgIpc) is 3.07. The Bertz CT molecular complexity index is 580. The summed E-state index contributed by atoms with van der Waals surface area (Å²) in [5.41, 5.74) is 2.08. The Labute approximate surface area is 124 Å². The van der Waals surface area contributed by atoms with Crippen LogP contribution in [-0.2, 0) is 16.0 Å². The predicted molar refractivity (Wildman–Crippen MR) is 80.2 cm³/mol. The van der Waals surface area contributed by atoms with Gasteiger partial charge in [0.05, 0.1) is 24.1 Å². The quantitative estimate of drug-likeness (QED) is 0.915. The Hall–Kier alpha value is -1.69. The molecule has 0 spiro atoms. The second-order valence-corrected chi connectivity index (χ2v) is 5.67. The van der Waals surface area contributed by atoms with Gasteiger partial charge in [-0.1, -0.05) is 18.2 Å². The molecule has 2 heterocycles. The fourth-order valence-corrected chi connectivity index (χ4v) is 2.41. The van der Waals surface area contributed by atoms with Gasteiger partial charge in [0.25, 0.3) is 0 Å². The van der Waals surface area contributed by atoms with Crippen LogP contribution < -0.4 is 5.32 Å². The molecule has 3 rings (SSSR count). The van der Waals surface area contributed by atoms with Crippen molar-refractivity contribution in [2.75, 3.05) is 13.2 Å². The topological polar surface area (TPSA) is 48.3 Å². The Kier molecular flexibility index (Phi) is 4.05.